The number of piperidine rings is 1. The predicted molar refractivity (Wildman–Crippen MR) is 127 cm³/mol. The molecule has 1 N–H and O–H groups in total. The summed E-state index contributed by atoms with van der Waals surface area (Å²) in [5, 5.41) is 14.0. The van der Waals surface area contributed by atoms with Gasteiger partial charge in [-0.1, -0.05) is 12.1 Å². The minimum atomic E-state index is -3.89. The van der Waals surface area contributed by atoms with Gasteiger partial charge in [-0.2, -0.15) is 4.31 Å². The zero-order valence-corrected chi connectivity index (χ0v) is 19.9. The number of rotatable bonds is 7. The molecule has 0 atom stereocenters. The first-order valence-corrected chi connectivity index (χ1v) is 13.0. The summed E-state index contributed by atoms with van der Waals surface area (Å²) < 4.78 is 33.5. The van der Waals surface area contributed by atoms with E-state index >= 15 is 0 Å². The Bertz CT molecular complexity index is 1170. The number of sulfonamides is 1. The van der Waals surface area contributed by atoms with Crippen LogP contribution in [0.2, 0.25) is 0 Å². The molecule has 0 bridgehead atoms. The zero-order valence-electron chi connectivity index (χ0n) is 19.1. The van der Waals surface area contributed by atoms with Crippen molar-refractivity contribution < 1.29 is 22.9 Å². The fourth-order valence-electron chi connectivity index (χ4n) is 4.57. The van der Waals surface area contributed by atoms with Gasteiger partial charge in [0.1, 0.15) is 5.75 Å². The predicted octanol–water partition coefficient (Wildman–Crippen LogP) is 4.26. The van der Waals surface area contributed by atoms with Crippen LogP contribution in [0.1, 0.15) is 44.1 Å². The summed E-state index contributed by atoms with van der Waals surface area (Å²) >= 11 is 0. The van der Waals surface area contributed by atoms with Crippen LogP contribution >= 0.6 is 0 Å². The third-order valence-corrected chi connectivity index (χ3v) is 8.57. The average Bonchev–Trinajstić information content (AvgIpc) is 3.32. The van der Waals surface area contributed by atoms with E-state index in [4.69, 9.17) is 4.74 Å². The van der Waals surface area contributed by atoms with Gasteiger partial charge in [-0.25, -0.2) is 8.42 Å². The Balaban J connectivity index is 1.37. The quantitative estimate of drug-likeness (QED) is 0.460. The van der Waals surface area contributed by atoms with E-state index in [2.05, 4.69) is 5.32 Å². The summed E-state index contributed by atoms with van der Waals surface area (Å²) in [6, 6.07) is 11.2. The maximum absolute atomic E-state index is 13.1. The Kier molecular flexibility index (Phi) is 7.18. The number of amides is 1. The Morgan fingerprint density at radius 1 is 1.09 bits per heavy atom. The fourth-order valence-corrected chi connectivity index (χ4v) is 6.28. The van der Waals surface area contributed by atoms with Crippen molar-refractivity contribution in [3.05, 3.63) is 58.1 Å². The molecule has 2 aromatic carbocycles. The SMILES string of the molecule is Cc1ccc([N+](=O)[O-])cc1S(=O)(=O)N1CCC(C(=O)Nc2cccc(OC3CCCC3)c2)CC1. The highest BCUT2D eigenvalue weighted by molar-refractivity contribution is 7.89. The molecule has 4 rings (SSSR count). The normalized spacial score (nSPS) is 18.0. The first kappa shape index (κ1) is 24.2. The second-order valence-electron chi connectivity index (χ2n) is 8.93. The molecule has 0 radical (unpaired) electrons. The highest BCUT2D eigenvalue weighted by Crippen LogP contribution is 2.30. The lowest BCUT2D eigenvalue weighted by atomic mass is 9.97. The van der Waals surface area contributed by atoms with Gasteiger partial charge in [0.25, 0.3) is 5.69 Å². The molecule has 1 aliphatic heterocycles. The molecule has 10 heteroatoms. The van der Waals surface area contributed by atoms with Gasteiger partial charge in [0, 0.05) is 42.9 Å². The fraction of sp³-hybridized carbons (Fsp3) is 0.458. The number of nitrogens with one attached hydrogen (secondary N) is 1. The van der Waals surface area contributed by atoms with Crippen molar-refractivity contribution in [3.63, 3.8) is 0 Å². The van der Waals surface area contributed by atoms with Gasteiger partial charge in [-0.15, -0.1) is 0 Å². The Morgan fingerprint density at radius 2 is 1.79 bits per heavy atom. The zero-order chi connectivity index (χ0) is 24.3. The maximum Gasteiger partial charge on any atom is 0.270 e. The molecule has 182 valence electrons. The van der Waals surface area contributed by atoms with E-state index in [-0.39, 0.29) is 41.6 Å². The van der Waals surface area contributed by atoms with Crippen LogP contribution in [0, 0.1) is 23.0 Å². The molecule has 2 fully saturated rings. The molecule has 1 aliphatic carbocycles. The summed E-state index contributed by atoms with van der Waals surface area (Å²) in [5.41, 5.74) is 0.838. The van der Waals surface area contributed by atoms with Crippen LogP contribution in [0.5, 0.6) is 5.75 Å². The molecule has 1 saturated carbocycles. The van der Waals surface area contributed by atoms with Crippen molar-refractivity contribution in [3.8, 4) is 5.75 Å². The first-order valence-electron chi connectivity index (χ1n) is 11.6. The van der Waals surface area contributed by atoms with Crippen molar-refractivity contribution in [1.82, 2.24) is 4.31 Å². The minimum Gasteiger partial charge on any atom is -0.490 e. The third kappa shape index (κ3) is 5.39. The highest BCUT2D eigenvalue weighted by atomic mass is 32.2. The first-order chi connectivity index (χ1) is 16.2. The van der Waals surface area contributed by atoms with Gasteiger partial charge in [0.15, 0.2) is 0 Å². The Morgan fingerprint density at radius 3 is 2.47 bits per heavy atom. The number of aryl methyl sites for hydroxylation is 1. The van der Waals surface area contributed by atoms with Crippen molar-refractivity contribution >= 4 is 27.3 Å². The molecule has 0 unspecified atom stereocenters. The van der Waals surface area contributed by atoms with Crippen LogP contribution in [0.4, 0.5) is 11.4 Å². The van der Waals surface area contributed by atoms with Crippen molar-refractivity contribution in [2.75, 3.05) is 18.4 Å². The average molecular weight is 488 g/mol. The number of ether oxygens (including phenoxy) is 1. The molecule has 34 heavy (non-hydrogen) atoms. The number of nitro groups is 1. The highest BCUT2D eigenvalue weighted by Gasteiger charge is 2.33. The Hall–Kier alpha value is -2.98. The second kappa shape index (κ2) is 10.1. The van der Waals surface area contributed by atoms with Crippen LogP contribution < -0.4 is 10.1 Å². The molecule has 2 aromatic rings. The monoisotopic (exact) mass is 487 g/mol. The van der Waals surface area contributed by atoms with Gasteiger partial charge in [0.2, 0.25) is 15.9 Å². The summed E-state index contributed by atoms with van der Waals surface area (Å²) in [6.45, 7) is 1.96. The number of nitrogens with zero attached hydrogens (tertiary/aromatic N) is 2. The molecule has 1 heterocycles. The topological polar surface area (TPSA) is 119 Å². The van der Waals surface area contributed by atoms with Crippen molar-refractivity contribution in [2.24, 2.45) is 5.92 Å². The summed E-state index contributed by atoms with van der Waals surface area (Å²) in [6.07, 6.45) is 5.43. The number of hydrogen-bond donors (Lipinski definition) is 1. The minimum absolute atomic E-state index is 0.0660. The van der Waals surface area contributed by atoms with Gasteiger partial charge >= 0.3 is 0 Å². The largest absolute Gasteiger partial charge is 0.490 e. The van der Waals surface area contributed by atoms with E-state index in [1.54, 1.807) is 6.92 Å². The van der Waals surface area contributed by atoms with Crippen LogP contribution in [0.3, 0.4) is 0 Å². The number of carbonyl (C=O) groups is 1. The third-order valence-electron chi connectivity index (χ3n) is 6.53. The standard InChI is InChI=1S/C24H29N3O6S/c1-17-9-10-20(27(29)30)16-23(17)34(31,32)26-13-11-18(12-14-26)24(28)25-19-5-4-8-22(15-19)33-21-6-2-3-7-21/h4-5,8-10,15-16,18,21H,2-3,6-7,11-14H2,1H3,(H,25,28). The van der Waals surface area contributed by atoms with Gasteiger partial charge in [-0.3, -0.25) is 14.9 Å². The van der Waals surface area contributed by atoms with Crippen molar-refractivity contribution in [2.45, 2.75) is 56.4 Å². The smallest absolute Gasteiger partial charge is 0.270 e. The van der Waals surface area contributed by atoms with Gasteiger partial charge in [0.05, 0.1) is 15.9 Å². The number of benzene rings is 2. The number of carbonyl (C=O) groups excluding carboxylic acids is 1. The lowest BCUT2D eigenvalue weighted by Gasteiger charge is -2.31. The van der Waals surface area contributed by atoms with Crippen LogP contribution in [-0.2, 0) is 14.8 Å². The molecule has 1 amide bonds. The maximum atomic E-state index is 13.1. The van der Waals surface area contributed by atoms with E-state index < -0.39 is 14.9 Å². The molecule has 9 nitrogen and oxygen atoms in total. The molecule has 0 aromatic heterocycles. The van der Waals surface area contributed by atoms with E-state index in [0.717, 1.165) is 24.7 Å². The van der Waals surface area contributed by atoms with Crippen molar-refractivity contribution in [1.29, 1.82) is 0 Å². The van der Waals surface area contributed by atoms with E-state index in [1.807, 2.05) is 24.3 Å². The van der Waals surface area contributed by atoms with Crippen LogP contribution in [0.15, 0.2) is 47.4 Å². The Labute approximate surface area is 199 Å². The lowest BCUT2D eigenvalue weighted by Crippen LogP contribution is -2.41. The van der Waals surface area contributed by atoms with Gasteiger partial charge in [-0.05, 0) is 63.1 Å². The summed E-state index contributed by atoms with van der Waals surface area (Å²) in [5.74, 6) is 0.261. The van der Waals surface area contributed by atoms with E-state index in [1.165, 1.54) is 29.3 Å². The number of anilines is 1. The number of hydrogen-bond acceptors (Lipinski definition) is 6. The molecular formula is C24H29N3O6S. The van der Waals surface area contributed by atoms with Gasteiger partial charge < -0.3 is 10.1 Å². The molecule has 2 aliphatic rings. The molecular weight excluding hydrogens is 458 g/mol. The summed E-state index contributed by atoms with van der Waals surface area (Å²) in [4.78, 5) is 23.2. The molecule has 0 spiro atoms. The molecule has 1 saturated heterocycles. The van der Waals surface area contributed by atoms with Crippen LogP contribution in [0.25, 0.3) is 0 Å². The van der Waals surface area contributed by atoms with E-state index in [9.17, 15) is 23.3 Å². The number of nitro benzene ring substituents is 1. The number of non-ortho nitro benzene ring substituents is 1. The summed E-state index contributed by atoms with van der Waals surface area (Å²) in [7, 11) is -3.89. The van der Waals surface area contributed by atoms with Crippen LogP contribution in [-0.4, -0.2) is 42.7 Å². The van der Waals surface area contributed by atoms with E-state index in [0.29, 0.717) is 24.1 Å². The second-order valence-corrected chi connectivity index (χ2v) is 10.8. The lowest BCUT2D eigenvalue weighted by molar-refractivity contribution is -0.385.